The zero-order valence-corrected chi connectivity index (χ0v) is 18.4. The first-order valence-corrected chi connectivity index (χ1v) is 10.1. The van der Waals surface area contributed by atoms with E-state index in [0.29, 0.717) is 38.2 Å². The minimum absolute atomic E-state index is 0.0201. The molecule has 2 atom stereocenters. The first-order chi connectivity index (χ1) is 13.7. The third-order valence-electron chi connectivity index (χ3n) is 5.02. The first kappa shape index (κ1) is 23.0. The van der Waals surface area contributed by atoms with Gasteiger partial charge in [0.25, 0.3) is 0 Å². The molecule has 1 aromatic rings. The molecule has 1 heterocycles. The predicted octanol–water partition coefficient (Wildman–Crippen LogP) is 3.63. The van der Waals surface area contributed by atoms with Gasteiger partial charge in [-0.15, -0.1) is 0 Å². The molecule has 0 bridgehead atoms. The number of amides is 2. The van der Waals surface area contributed by atoms with Crippen molar-refractivity contribution in [2.75, 3.05) is 33.9 Å². The third kappa shape index (κ3) is 6.35. The van der Waals surface area contributed by atoms with Crippen LogP contribution in [0.3, 0.4) is 0 Å². The van der Waals surface area contributed by atoms with Gasteiger partial charge in [0, 0.05) is 38.7 Å². The molecule has 1 aliphatic heterocycles. The maximum absolute atomic E-state index is 13.0. The largest absolute Gasteiger partial charge is 0.496 e. The number of hydrogen-bond donors (Lipinski definition) is 0. The summed E-state index contributed by atoms with van der Waals surface area (Å²) >= 11 is 0. The highest BCUT2D eigenvalue weighted by molar-refractivity contribution is 5.77. The maximum Gasteiger partial charge on any atom is 0.410 e. The van der Waals surface area contributed by atoms with Gasteiger partial charge in [0.15, 0.2) is 0 Å². The monoisotopic (exact) mass is 406 g/mol. The molecule has 0 unspecified atom stereocenters. The van der Waals surface area contributed by atoms with E-state index < -0.39 is 5.60 Å². The van der Waals surface area contributed by atoms with Crippen molar-refractivity contribution >= 4 is 12.0 Å². The van der Waals surface area contributed by atoms with Crippen LogP contribution in [-0.2, 0) is 14.3 Å². The topological polar surface area (TPSA) is 68.3 Å². The average Bonchev–Trinajstić information content (AvgIpc) is 2.69. The summed E-state index contributed by atoms with van der Waals surface area (Å²) in [6, 6.07) is 7.33. The van der Waals surface area contributed by atoms with Gasteiger partial charge in [0.1, 0.15) is 11.4 Å². The number of para-hydroxylation sites is 1. The molecule has 1 saturated heterocycles. The molecule has 0 saturated carbocycles. The van der Waals surface area contributed by atoms with E-state index in [0.717, 1.165) is 5.56 Å². The lowest BCUT2D eigenvalue weighted by atomic mass is 10.00. The Balaban J connectivity index is 2.25. The molecule has 0 aromatic heterocycles. The van der Waals surface area contributed by atoms with E-state index in [1.807, 2.05) is 56.9 Å². The molecule has 7 heteroatoms. The van der Waals surface area contributed by atoms with Gasteiger partial charge in [0.2, 0.25) is 5.91 Å². The lowest BCUT2D eigenvalue weighted by Gasteiger charge is -2.42. The van der Waals surface area contributed by atoms with Gasteiger partial charge in [0.05, 0.1) is 19.3 Å². The van der Waals surface area contributed by atoms with Crippen molar-refractivity contribution in [2.24, 2.45) is 0 Å². The quantitative estimate of drug-likeness (QED) is 0.722. The van der Waals surface area contributed by atoms with Gasteiger partial charge in [-0.25, -0.2) is 4.79 Å². The molecule has 29 heavy (non-hydrogen) atoms. The highest BCUT2D eigenvalue weighted by Crippen LogP contribution is 2.33. The van der Waals surface area contributed by atoms with E-state index in [1.54, 1.807) is 19.1 Å². The van der Waals surface area contributed by atoms with Crippen LogP contribution in [-0.4, -0.2) is 67.4 Å². The minimum Gasteiger partial charge on any atom is -0.496 e. The number of ether oxygens (including phenoxy) is 3. The van der Waals surface area contributed by atoms with E-state index in [1.165, 1.54) is 0 Å². The van der Waals surface area contributed by atoms with Gasteiger partial charge in [-0.05, 0) is 40.2 Å². The zero-order valence-electron chi connectivity index (χ0n) is 18.4. The second-order valence-electron chi connectivity index (χ2n) is 8.36. The minimum atomic E-state index is -0.569. The van der Waals surface area contributed by atoms with E-state index in [4.69, 9.17) is 14.2 Å². The number of benzene rings is 1. The fraction of sp³-hybridized carbons (Fsp3) is 0.636. The van der Waals surface area contributed by atoms with Gasteiger partial charge >= 0.3 is 6.09 Å². The normalized spacial score (nSPS) is 18.3. The molecule has 1 fully saturated rings. The molecule has 2 rings (SSSR count). The lowest BCUT2D eigenvalue weighted by molar-refractivity contribution is -0.137. The molecule has 0 N–H and O–H groups in total. The molecular formula is C22H34N2O5. The second-order valence-corrected chi connectivity index (χ2v) is 8.36. The molecule has 162 valence electrons. The number of hydrogen-bond acceptors (Lipinski definition) is 5. The summed E-state index contributed by atoms with van der Waals surface area (Å²) in [6.45, 7) is 8.73. The molecule has 1 aliphatic rings. The highest BCUT2D eigenvalue weighted by Gasteiger charge is 2.36. The van der Waals surface area contributed by atoms with Gasteiger partial charge < -0.3 is 24.0 Å². The molecular weight excluding hydrogens is 372 g/mol. The Morgan fingerprint density at radius 3 is 2.48 bits per heavy atom. The fourth-order valence-electron chi connectivity index (χ4n) is 3.37. The molecule has 0 aliphatic carbocycles. The van der Waals surface area contributed by atoms with Crippen molar-refractivity contribution in [3.63, 3.8) is 0 Å². The molecule has 0 spiro atoms. The smallest absolute Gasteiger partial charge is 0.410 e. The Hall–Kier alpha value is -2.28. The average molecular weight is 407 g/mol. The predicted molar refractivity (Wildman–Crippen MR) is 111 cm³/mol. The van der Waals surface area contributed by atoms with Gasteiger partial charge in [-0.2, -0.15) is 0 Å². The standard InChI is InChI=1S/C22H34N2O5/c1-16(27-5)11-12-20(25)24-14-13-23(21(26)29-22(2,3)4)15-18(24)17-9-7-8-10-19(17)28-6/h7-10,16,18H,11-15H2,1-6H3/t16-,18+/m0/s1. The first-order valence-electron chi connectivity index (χ1n) is 10.1. The van der Waals surface area contributed by atoms with E-state index in [9.17, 15) is 9.59 Å². The molecule has 2 amide bonds. The van der Waals surface area contributed by atoms with E-state index in [2.05, 4.69) is 0 Å². The Bertz CT molecular complexity index is 701. The number of rotatable bonds is 6. The number of carbonyl (C=O) groups excluding carboxylic acids is 2. The molecule has 1 aromatic carbocycles. The van der Waals surface area contributed by atoms with Crippen molar-refractivity contribution in [3.05, 3.63) is 29.8 Å². The Kier molecular flexibility index (Phi) is 7.90. The van der Waals surface area contributed by atoms with Crippen LogP contribution in [0.15, 0.2) is 24.3 Å². The summed E-state index contributed by atoms with van der Waals surface area (Å²) < 4.78 is 16.3. The van der Waals surface area contributed by atoms with Crippen LogP contribution in [0, 0.1) is 0 Å². The van der Waals surface area contributed by atoms with Crippen LogP contribution < -0.4 is 4.74 Å². The van der Waals surface area contributed by atoms with Crippen LogP contribution in [0.5, 0.6) is 5.75 Å². The van der Waals surface area contributed by atoms with Crippen LogP contribution in [0.2, 0.25) is 0 Å². The molecule has 0 radical (unpaired) electrons. The maximum atomic E-state index is 13.0. The Morgan fingerprint density at radius 2 is 1.86 bits per heavy atom. The summed E-state index contributed by atoms with van der Waals surface area (Å²) in [5, 5.41) is 0. The summed E-state index contributed by atoms with van der Waals surface area (Å²) in [5.74, 6) is 0.750. The van der Waals surface area contributed by atoms with E-state index >= 15 is 0 Å². The second kappa shape index (κ2) is 9.96. The van der Waals surface area contributed by atoms with Crippen molar-refractivity contribution in [1.82, 2.24) is 9.80 Å². The van der Waals surface area contributed by atoms with Crippen LogP contribution in [0.1, 0.15) is 52.1 Å². The van der Waals surface area contributed by atoms with Crippen LogP contribution >= 0.6 is 0 Å². The summed E-state index contributed by atoms with van der Waals surface area (Å²) in [5.41, 5.74) is 0.316. The number of nitrogens with zero attached hydrogens (tertiary/aromatic N) is 2. The zero-order chi connectivity index (χ0) is 21.6. The summed E-state index contributed by atoms with van der Waals surface area (Å²) in [4.78, 5) is 29.1. The van der Waals surface area contributed by atoms with Gasteiger partial charge in [-0.1, -0.05) is 18.2 Å². The third-order valence-corrected chi connectivity index (χ3v) is 5.02. The van der Waals surface area contributed by atoms with Crippen LogP contribution in [0.25, 0.3) is 0 Å². The van der Waals surface area contributed by atoms with Crippen molar-refractivity contribution in [3.8, 4) is 5.75 Å². The van der Waals surface area contributed by atoms with Crippen LogP contribution in [0.4, 0.5) is 4.79 Å². The van der Waals surface area contributed by atoms with Crippen molar-refractivity contribution < 1.29 is 23.8 Å². The van der Waals surface area contributed by atoms with Crippen molar-refractivity contribution in [2.45, 2.75) is 58.3 Å². The number of carbonyl (C=O) groups is 2. The Labute approximate surface area is 173 Å². The van der Waals surface area contributed by atoms with E-state index in [-0.39, 0.29) is 24.1 Å². The SMILES string of the molecule is COc1ccccc1[C@H]1CN(C(=O)OC(C)(C)C)CCN1C(=O)CC[C@H](C)OC. The van der Waals surface area contributed by atoms with Gasteiger partial charge in [-0.3, -0.25) is 4.79 Å². The van der Waals surface area contributed by atoms with Crippen molar-refractivity contribution in [1.29, 1.82) is 0 Å². The summed E-state index contributed by atoms with van der Waals surface area (Å²) in [7, 11) is 3.26. The fourth-order valence-corrected chi connectivity index (χ4v) is 3.37. The Morgan fingerprint density at radius 1 is 1.17 bits per heavy atom. The molecule has 7 nitrogen and oxygen atoms in total. The number of methoxy groups -OCH3 is 2. The summed E-state index contributed by atoms with van der Waals surface area (Å²) in [6.07, 6.45) is 0.706. The highest BCUT2D eigenvalue weighted by atomic mass is 16.6. The lowest BCUT2D eigenvalue weighted by Crippen LogP contribution is -2.53. The number of piperazine rings is 1.